The van der Waals surface area contributed by atoms with Crippen molar-refractivity contribution < 1.29 is 14.7 Å². The van der Waals surface area contributed by atoms with Crippen LogP contribution < -0.4 is 9.91 Å². The number of nitrogens with zero attached hydrogens (tertiary/aromatic N) is 4. The fraction of sp³-hybridized carbons (Fsp3) is 0.0789. The summed E-state index contributed by atoms with van der Waals surface area (Å²) in [7, 11) is 0. The van der Waals surface area contributed by atoms with E-state index < -0.39 is 11.9 Å². The highest BCUT2D eigenvalue weighted by atomic mass is 16.4. The Hall–Kier alpha value is -5.95. The molecule has 2 aliphatic rings. The lowest BCUT2D eigenvalue weighted by atomic mass is 9.97. The van der Waals surface area contributed by atoms with Crippen molar-refractivity contribution in [2.45, 2.75) is 12.8 Å². The van der Waals surface area contributed by atoms with Gasteiger partial charge >= 0.3 is 5.97 Å². The molecule has 8 rings (SSSR count). The average molecular weight is 589 g/mol. The SMILES string of the molecule is O=C(O)C1=NN(c2ccccc2)C(=O)C1=Cc1ccc2c(c1)CCCN2c1ccc2c3ccccc3n(-c3ccccc3)c2c1. The molecule has 1 aromatic heterocycles. The number of hydrogen-bond donors (Lipinski definition) is 1. The van der Waals surface area contributed by atoms with Crippen molar-refractivity contribution >= 4 is 62.5 Å². The molecule has 0 saturated heterocycles. The van der Waals surface area contributed by atoms with Crippen LogP contribution >= 0.6 is 0 Å². The van der Waals surface area contributed by atoms with Gasteiger partial charge in [-0.2, -0.15) is 10.1 Å². The van der Waals surface area contributed by atoms with Crippen molar-refractivity contribution in [2.75, 3.05) is 16.5 Å². The number of carbonyl (C=O) groups is 2. The lowest BCUT2D eigenvalue weighted by Crippen LogP contribution is -2.24. The second kappa shape index (κ2) is 10.6. The lowest BCUT2D eigenvalue weighted by molar-refractivity contribution is -0.129. The van der Waals surface area contributed by atoms with E-state index in [2.05, 4.69) is 93.4 Å². The van der Waals surface area contributed by atoms with E-state index >= 15 is 0 Å². The summed E-state index contributed by atoms with van der Waals surface area (Å²) in [6.45, 7) is 0.880. The van der Waals surface area contributed by atoms with Gasteiger partial charge in [-0.3, -0.25) is 4.79 Å². The molecule has 0 spiro atoms. The highest BCUT2D eigenvalue weighted by molar-refractivity contribution is 6.53. The number of fused-ring (bicyclic) bond motifs is 4. The highest BCUT2D eigenvalue weighted by Crippen LogP contribution is 2.39. The van der Waals surface area contributed by atoms with Gasteiger partial charge in [-0.25, -0.2) is 4.79 Å². The summed E-state index contributed by atoms with van der Waals surface area (Å²) >= 11 is 0. The summed E-state index contributed by atoms with van der Waals surface area (Å²) < 4.78 is 2.33. The molecule has 1 N–H and O–H groups in total. The number of anilines is 3. The van der Waals surface area contributed by atoms with Gasteiger partial charge in [0.15, 0.2) is 5.71 Å². The number of hydrazone groups is 1. The molecule has 7 heteroatoms. The Labute approximate surface area is 259 Å². The van der Waals surface area contributed by atoms with Crippen LogP contribution in [0.25, 0.3) is 33.6 Å². The summed E-state index contributed by atoms with van der Waals surface area (Å²) in [6.07, 6.45) is 3.50. The molecule has 7 nitrogen and oxygen atoms in total. The van der Waals surface area contributed by atoms with Gasteiger partial charge < -0.3 is 14.6 Å². The molecule has 0 atom stereocenters. The van der Waals surface area contributed by atoms with E-state index in [-0.39, 0.29) is 11.3 Å². The molecular weight excluding hydrogens is 560 g/mol. The second-order valence-electron chi connectivity index (χ2n) is 11.3. The fourth-order valence-corrected chi connectivity index (χ4v) is 6.57. The van der Waals surface area contributed by atoms with Gasteiger partial charge in [0.1, 0.15) is 0 Å². The standard InChI is InChI=1S/C38H28N4O3/c43-37-32(36(38(44)45)39-42(37)28-13-5-2-6-14-28)23-25-17-20-33-26(22-25)10-9-21-40(33)29-18-19-31-30-15-7-8-16-34(30)41(35(31)24-29)27-11-3-1-4-12-27/h1-8,11-20,22-24H,9-10,21H2,(H,44,45). The Balaban J connectivity index is 1.18. The minimum Gasteiger partial charge on any atom is -0.476 e. The predicted molar refractivity (Wildman–Crippen MR) is 180 cm³/mol. The van der Waals surface area contributed by atoms with Gasteiger partial charge in [0, 0.05) is 34.4 Å². The third-order valence-electron chi connectivity index (χ3n) is 8.60. The van der Waals surface area contributed by atoms with Crippen LogP contribution in [0.1, 0.15) is 17.5 Å². The number of amides is 1. The molecule has 45 heavy (non-hydrogen) atoms. The summed E-state index contributed by atoms with van der Waals surface area (Å²) in [4.78, 5) is 27.7. The van der Waals surface area contributed by atoms with E-state index in [4.69, 9.17) is 0 Å². The zero-order valence-corrected chi connectivity index (χ0v) is 24.3. The second-order valence-corrected chi connectivity index (χ2v) is 11.3. The molecule has 0 radical (unpaired) electrons. The quantitative estimate of drug-likeness (QED) is 0.209. The summed E-state index contributed by atoms with van der Waals surface area (Å²) in [5.74, 6) is -1.69. The Kier molecular flexibility index (Phi) is 6.31. The number of aryl methyl sites for hydroxylation is 1. The van der Waals surface area contributed by atoms with Crippen LogP contribution in [-0.2, 0) is 16.0 Å². The topological polar surface area (TPSA) is 78.1 Å². The van der Waals surface area contributed by atoms with E-state index in [1.807, 2.05) is 18.2 Å². The van der Waals surface area contributed by atoms with Crippen LogP contribution in [0.15, 0.2) is 132 Å². The molecular formula is C38H28N4O3. The van der Waals surface area contributed by atoms with Crippen molar-refractivity contribution in [1.82, 2.24) is 4.57 Å². The van der Waals surface area contributed by atoms with E-state index in [0.717, 1.165) is 58.1 Å². The van der Waals surface area contributed by atoms with Crippen LogP contribution in [0.2, 0.25) is 0 Å². The minimum absolute atomic E-state index is 0.0677. The van der Waals surface area contributed by atoms with Gasteiger partial charge in [-0.1, -0.05) is 66.7 Å². The van der Waals surface area contributed by atoms with Crippen molar-refractivity contribution in [2.24, 2.45) is 5.10 Å². The zero-order chi connectivity index (χ0) is 30.5. The third-order valence-corrected chi connectivity index (χ3v) is 8.60. The molecule has 0 saturated carbocycles. The zero-order valence-electron chi connectivity index (χ0n) is 24.3. The number of hydrogen-bond acceptors (Lipinski definition) is 4. The van der Waals surface area contributed by atoms with Crippen LogP contribution in [0.4, 0.5) is 17.1 Å². The van der Waals surface area contributed by atoms with Gasteiger partial charge in [-0.05, 0) is 84.6 Å². The van der Waals surface area contributed by atoms with Gasteiger partial charge in [0.25, 0.3) is 5.91 Å². The van der Waals surface area contributed by atoms with Crippen LogP contribution in [0.5, 0.6) is 0 Å². The van der Waals surface area contributed by atoms with Gasteiger partial charge in [0.2, 0.25) is 0 Å². The van der Waals surface area contributed by atoms with Crippen LogP contribution in [0.3, 0.4) is 0 Å². The first-order valence-electron chi connectivity index (χ1n) is 15.0. The molecule has 6 aromatic rings. The van der Waals surface area contributed by atoms with Crippen molar-refractivity contribution in [1.29, 1.82) is 0 Å². The summed E-state index contributed by atoms with van der Waals surface area (Å²) in [5, 5.41) is 17.6. The average Bonchev–Trinajstić information content (AvgIpc) is 3.59. The summed E-state index contributed by atoms with van der Waals surface area (Å²) in [6, 6.07) is 40.6. The molecule has 1 amide bonds. The molecule has 5 aromatic carbocycles. The number of aliphatic carboxylic acids is 1. The number of benzene rings is 5. The van der Waals surface area contributed by atoms with E-state index in [1.54, 1.807) is 30.3 Å². The van der Waals surface area contributed by atoms with E-state index in [0.29, 0.717) is 5.69 Å². The lowest BCUT2D eigenvalue weighted by Gasteiger charge is -2.32. The minimum atomic E-state index is -1.24. The number of para-hydroxylation sites is 3. The van der Waals surface area contributed by atoms with Crippen LogP contribution in [0, 0.1) is 0 Å². The maximum atomic E-state index is 13.3. The van der Waals surface area contributed by atoms with Gasteiger partial charge in [-0.15, -0.1) is 0 Å². The molecule has 0 fully saturated rings. The maximum absolute atomic E-state index is 13.3. The van der Waals surface area contributed by atoms with Gasteiger partial charge in [0.05, 0.1) is 22.3 Å². The molecule has 0 aliphatic carbocycles. The Morgan fingerprint density at radius 2 is 1.44 bits per heavy atom. The normalized spacial score (nSPS) is 15.6. The molecule has 2 aliphatic heterocycles. The highest BCUT2D eigenvalue weighted by Gasteiger charge is 2.35. The number of carboxylic acid groups (broad SMARTS) is 1. The molecule has 0 bridgehead atoms. The van der Waals surface area contributed by atoms with Crippen molar-refractivity contribution in [3.8, 4) is 5.69 Å². The Morgan fingerprint density at radius 1 is 0.733 bits per heavy atom. The molecule has 3 heterocycles. The van der Waals surface area contributed by atoms with Crippen molar-refractivity contribution in [3.63, 3.8) is 0 Å². The Bertz CT molecular complexity index is 2200. The number of aromatic nitrogens is 1. The largest absolute Gasteiger partial charge is 0.476 e. The van der Waals surface area contributed by atoms with Crippen LogP contribution in [-0.4, -0.2) is 33.8 Å². The Morgan fingerprint density at radius 3 is 2.22 bits per heavy atom. The first kappa shape index (κ1) is 26.7. The predicted octanol–water partition coefficient (Wildman–Crippen LogP) is 7.74. The first-order valence-corrected chi connectivity index (χ1v) is 15.0. The van der Waals surface area contributed by atoms with E-state index in [9.17, 15) is 14.7 Å². The summed E-state index contributed by atoms with van der Waals surface area (Å²) in [5.41, 5.74) is 7.91. The molecule has 218 valence electrons. The maximum Gasteiger partial charge on any atom is 0.357 e. The smallest absolute Gasteiger partial charge is 0.357 e. The number of carbonyl (C=O) groups excluding carboxylic acids is 1. The number of rotatable bonds is 5. The fourth-order valence-electron chi connectivity index (χ4n) is 6.57. The number of carboxylic acids is 1. The third kappa shape index (κ3) is 4.48. The first-order chi connectivity index (χ1) is 22.1. The molecule has 0 unspecified atom stereocenters. The van der Waals surface area contributed by atoms with E-state index in [1.165, 1.54) is 16.3 Å². The van der Waals surface area contributed by atoms with Crippen molar-refractivity contribution in [3.05, 3.63) is 138 Å². The monoisotopic (exact) mass is 588 g/mol.